The molecule has 9 heteroatoms. The van der Waals surface area contributed by atoms with Crippen LogP contribution in [0.3, 0.4) is 0 Å². The van der Waals surface area contributed by atoms with E-state index in [2.05, 4.69) is 17.6 Å². The van der Waals surface area contributed by atoms with Crippen LogP contribution in [0.4, 0.5) is 5.00 Å². The van der Waals surface area contributed by atoms with Crippen molar-refractivity contribution in [2.24, 2.45) is 5.92 Å². The number of para-hydroxylation sites is 1. The van der Waals surface area contributed by atoms with E-state index in [1.165, 1.54) is 11.3 Å². The molecule has 2 aromatic rings. The zero-order chi connectivity index (χ0) is 23.6. The fourth-order valence-electron chi connectivity index (χ4n) is 4.41. The molecule has 2 atom stereocenters. The number of nitrogens with one attached hydrogen (secondary N) is 2. The molecule has 1 fully saturated rings. The lowest BCUT2D eigenvalue weighted by molar-refractivity contribution is 0.0941. The molecule has 0 saturated carbocycles. The fourth-order valence-corrected chi connectivity index (χ4v) is 7.48. The predicted molar refractivity (Wildman–Crippen MR) is 130 cm³/mol. The fraction of sp³-hybridized carbons (Fsp3) is 0.500. The Balaban J connectivity index is 1.62. The average molecular weight is 491 g/mol. The molecule has 0 radical (unpaired) electrons. The molecule has 1 aliphatic carbocycles. The SMILES string of the molecule is CCCOc1ccccc1C(=O)Nc1sc2c(c1C(=O)N[C@@H]1CCS(=O)(=O)C1)CC[C@@H](C)C2. The Morgan fingerprint density at radius 2 is 1.97 bits per heavy atom. The van der Waals surface area contributed by atoms with Gasteiger partial charge in [0.2, 0.25) is 0 Å². The zero-order valence-electron chi connectivity index (χ0n) is 19.0. The molecule has 2 N–H and O–H groups in total. The first-order chi connectivity index (χ1) is 15.8. The highest BCUT2D eigenvalue weighted by atomic mass is 32.2. The Kier molecular flexibility index (Phi) is 7.09. The Hall–Kier alpha value is -2.39. The first-order valence-corrected chi connectivity index (χ1v) is 14.1. The van der Waals surface area contributed by atoms with Crippen LogP contribution in [0, 0.1) is 5.92 Å². The largest absolute Gasteiger partial charge is 0.493 e. The maximum atomic E-state index is 13.3. The normalized spacial score (nSPS) is 21.3. The number of hydrogen-bond acceptors (Lipinski definition) is 6. The van der Waals surface area contributed by atoms with E-state index in [4.69, 9.17) is 4.74 Å². The Morgan fingerprint density at radius 3 is 2.70 bits per heavy atom. The number of thiophene rings is 1. The summed E-state index contributed by atoms with van der Waals surface area (Å²) >= 11 is 1.45. The molecule has 7 nitrogen and oxygen atoms in total. The monoisotopic (exact) mass is 490 g/mol. The molecule has 1 aromatic heterocycles. The second-order valence-electron chi connectivity index (χ2n) is 8.93. The van der Waals surface area contributed by atoms with Gasteiger partial charge in [-0.25, -0.2) is 8.42 Å². The van der Waals surface area contributed by atoms with Gasteiger partial charge in [-0.3, -0.25) is 9.59 Å². The molecule has 2 aliphatic rings. The Bertz CT molecular complexity index is 1160. The summed E-state index contributed by atoms with van der Waals surface area (Å²) < 4.78 is 29.4. The van der Waals surface area contributed by atoms with E-state index in [0.717, 1.165) is 36.1 Å². The molecule has 1 aliphatic heterocycles. The minimum Gasteiger partial charge on any atom is -0.493 e. The van der Waals surface area contributed by atoms with Crippen molar-refractivity contribution in [3.05, 3.63) is 45.8 Å². The maximum absolute atomic E-state index is 13.3. The van der Waals surface area contributed by atoms with Gasteiger partial charge in [0.1, 0.15) is 10.8 Å². The Labute approximate surface area is 198 Å². The van der Waals surface area contributed by atoms with E-state index in [-0.39, 0.29) is 23.3 Å². The first-order valence-electron chi connectivity index (χ1n) is 11.5. The number of benzene rings is 1. The van der Waals surface area contributed by atoms with Crippen LogP contribution >= 0.6 is 11.3 Å². The van der Waals surface area contributed by atoms with Crippen LogP contribution in [-0.4, -0.2) is 44.4 Å². The number of anilines is 1. The second kappa shape index (κ2) is 9.85. The van der Waals surface area contributed by atoms with Crippen molar-refractivity contribution >= 4 is 38.0 Å². The number of sulfone groups is 1. The third-order valence-electron chi connectivity index (χ3n) is 6.13. The van der Waals surface area contributed by atoms with Gasteiger partial charge >= 0.3 is 0 Å². The van der Waals surface area contributed by atoms with Gasteiger partial charge in [-0.2, -0.15) is 0 Å². The predicted octanol–water partition coefficient (Wildman–Crippen LogP) is 3.83. The number of amides is 2. The lowest BCUT2D eigenvalue weighted by Gasteiger charge is -2.19. The minimum absolute atomic E-state index is 0.0358. The summed E-state index contributed by atoms with van der Waals surface area (Å²) in [6.45, 7) is 4.69. The van der Waals surface area contributed by atoms with E-state index in [1.54, 1.807) is 18.2 Å². The number of carbonyl (C=O) groups excluding carboxylic acids is 2. The summed E-state index contributed by atoms with van der Waals surface area (Å²) in [5, 5.41) is 6.38. The topological polar surface area (TPSA) is 102 Å². The van der Waals surface area contributed by atoms with E-state index >= 15 is 0 Å². The van der Waals surface area contributed by atoms with Crippen LogP contribution in [-0.2, 0) is 22.7 Å². The molecule has 1 aromatic carbocycles. The van der Waals surface area contributed by atoms with Gasteiger partial charge in [0.15, 0.2) is 9.84 Å². The second-order valence-corrected chi connectivity index (χ2v) is 12.3. The lowest BCUT2D eigenvalue weighted by atomic mass is 9.88. The van der Waals surface area contributed by atoms with Gasteiger partial charge in [-0.05, 0) is 55.7 Å². The lowest BCUT2D eigenvalue weighted by Crippen LogP contribution is -2.36. The van der Waals surface area contributed by atoms with Gasteiger partial charge in [0, 0.05) is 10.9 Å². The number of hydrogen-bond donors (Lipinski definition) is 2. The van der Waals surface area contributed by atoms with Crippen LogP contribution < -0.4 is 15.4 Å². The number of rotatable bonds is 7. The van der Waals surface area contributed by atoms with Gasteiger partial charge in [0.05, 0.1) is 29.2 Å². The van der Waals surface area contributed by atoms with Crippen LogP contribution in [0.5, 0.6) is 5.75 Å². The van der Waals surface area contributed by atoms with Crippen LogP contribution in [0.15, 0.2) is 24.3 Å². The molecule has 2 heterocycles. The van der Waals surface area contributed by atoms with E-state index in [1.807, 2.05) is 13.0 Å². The molecule has 1 saturated heterocycles. The third kappa shape index (κ3) is 5.41. The zero-order valence-corrected chi connectivity index (χ0v) is 20.6. The van der Waals surface area contributed by atoms with Crippen LogP contribution in [0.2, 0.25) is 0 Å². The number of ether oxygens (including phenoxy) is 1. The highest BCUT2D eigenvalue weighted by Gasteiger charge is 2.33. The van der Waals surface area contributed by atoms with Crippen molar-refractivity contribution < 1.29 is 22.7 Å². The summed E-state index contributed by atoms with van der Waals surface area (Å²) in [6.07, 6.45) is 3.85. The maximum Gasteiger partial charge on any atom is 0.260 e. The van der Waals surface area contributed by atoms with Crippen molar-refractivity contribution in [1.29, 1.82) is 0 Å². The van der Waals surface area contributed by atoms with Gasteiger partial charge < -0.3 is 15.4 Å². The summed E-state index contributed by atoms with van der Waals surface area (Å²) in [5.41, 5.74) is 1.87. The molecule has 178 valence electrons. The Morgan fingerprint density at radius 1 is 1.18 bits per heavy atom. The van der Waals surface area contributed by atoms with Crippen molar-refractivity contribution in [3.63, 3.8) is 0 Å². The van der Waals surface area contributed by atoms with Gasteiger partial charge in [-0.15, -0.1) is 11.3 Å². The molecule has 0 bridgehead atoms. The van der Waals surface area contributed by atoms with Crippen LogP contribution in [0.25, 0.3) is 0 Å². The quantitative estimate of drug-likeness (QED) is 0.614. The van der Waals surface area contributed by atoms with Crippen molar-refractivity contribution in [3.8, 4) is 5.75 Å². The van der Waals surface area contributed by atoms with Crippen molar-refractivity contribution in [1.82, 2.24) is 5.32 Å². The number of carbonyl (C=O) groups is 2. The first kappa shape index (κ1) is 23.8. The summed E-state index contributed by atoms with van der Waals surface area (Å²) in [7, 11) is -3.11. The van der Waals surface area contributed by atoms with Gasteiger partial charge in [-0.1, -0.05) is 26.0 Å². The molecular formula is C24H30N2O5S2. The third-order valence-corrected chi connectivity index (χ3v) is 9.06. The molecule has 0 spiro atoms. The molecular weight excluding hydrogens is 460 g/mol. The van der Waals surface area contributed by atoms with E-state index < -0.39 is 15.9 Å². The minimum atomic E-state index is -3.11. The smallest absolute Gasteiger partial charge is 0.260 e. The number of fused-ring (bicyclic) bond motifs is 1. The summed E-state index contributed by atoms with van der Waals surface area (Å²) in [6, 6.07) is 6.68. The molecule has 0 unspecified atom stereocenters. The van der Waals surface area contributed by atoms with Gasteiger partial charge in [0.25, 0.3) is 11.8 Å². The highest BCUT2D eigenvalue weighted by Crippen LogP contribution is 2.40. The summed E-state index contributed by atoms with van der Waals surface area (Å²) in [4.78, 5) is 27.6. The molecule has 2 amide bonds. The van der Waals surface area contributed by atoms with Crippen molar-refractivity contribution in [2.45, 2.75) is 52.0 Å². The molecule has 33 heavy (non-hydrogen) atoms. The average Bonchev–Trinajstić information content (AvgIpc) is 3.30. The summed E-state index contributed by atoms with van der Waals surface area (Å²) in [5.74, 6) is 0.440. The van der Waals surface area contributed by atoms with E-state index in [9.17, 15) is 18.0 Å². The molecule has 4 rings (SSSR count). The standard InChI is InChI=1S/C24H30N2O5S2/c1-3-11-31-19-7-5-4-6-17(19)22(27)26-24-21(18-9-8-15(2)13-20(18)32-24)23(28)25-16-10-12-33(29,30)14-16/h4-7,15-16H,3,8-14H2,1-2H3,(H,25,28)(H,26,27)/t15-,16-/m1/s1. The van der Waals surface area contributed by atoms with Crippen molar-refractivity contribution in [2.75, 3.05) is 23.4 Å². The van der Waals surface area contributed by atoms with Crippen LogP contribution in [0.1, 0.15) is 64.3 Å². The van der Waals surface area contributed by atoms with E-state index in [0.29, 0.717) is 40.8 Å². The highest BCUT2D eigenvalue weighted by molar-refractivity contribution is 7.91.